The minimum atomic E-state index is 0.104. The number of nitrogens with one attached hydrogen (secondary N) is 1. The number of hydrogen-bond donors (Lipinski definition) is 1. The molecular formula is C17H30N6O2. The quantitative estimate of drug-likeness (QED) is 0.854. The largest absolute Gasteiger partial charge is 0.467 e. The fourth-order valence-electron chi connectivity index (χ4n) is 3.32. The lowest BCUT2D eigenvalue weighted by Crippen LogP contribution is -2.47. The summed E-state index contributed by atoms with van der Waals surface area (Å²) in [6.45, 7) is 6.70. The fourth-order valence-corrected chi connectivity index (χ4v) is 3.32. The summed E-state index contributed by atoms with van der Waals surface area (Å²) in [5, 5.41) is 3.38. The number of nitrogens with zero attached hydrogens (tertiary/aromatic N) is 5. The maximum atomic E-state index is 5.89. The van der Waals surface area contributed by atoms with Crippen molar-refractivity contribution in [2.24, 2.45) is 0 Å². The van der Waals surface area contributed by atoms with Gasteiger partial charge in [0.25, 0.3) is 0 Å². The van der Waals surface area contributed by atoms with E-state index in [1.807, 2.05) is 0 Å². The number of rotatable bonds is 5. The van der Waals surface area contributed by atoms with Crippen LogP contribution in [0.3, 0.4) is 0 Å². The molecule has 2 unspecified atom stereocenters. The molecule has 0 aliphatic carbocycles. The molecule has 0 aromatic carbocycles. The highest BCUT2D eigenvalue weighted by Gasteiger charge is 2.25. The molecule has 25 heavy (non-hydrogen) atoms. The van der Waals surface area contributed by atoms with E-state index in [0.29, 0.717) is 17.9 Å². The zero-order valence-corrected chi connectivity index (χ0v) is 15.6. The van der Waals surface area contributed by atoms with Crippen LogP contribution in [-0.4, -0.2) is 78.9 Å². The topological polar surface area (TPSA) is 75.6 Å². The van der Waals surface area contributed by atoms with Crippen molar-refractivity contribution in [1.29, 1.82) is 0 Å². The van der Waals surface area contributed by atoms with Crippen LogP contribution in [-0.2, 0) is 4.74 Å². The van der Waals surface area contributed by atoms with Crippen LogP contribution in [0.2, 0.25) is 0 Å². The van der Waals surface area contributed by atoms with Crippen LogP contribution in [0.25, 0.3) is 0 Å². The third kappa shape index (κ3) is 4.92. The first kappa shape index (κ1) is 18.1. The van der Waals surface area contributed by atoms with Gasteiger partial charge in [-0.15, -0.1) is 0 Å². The van der Waals surface area contributed by atoms with Crippen molar-refractivity contribution in [3.8, 4) is 6.01 Å². The molecule has 3 rings (SSSR count). The fraction of sp³-hybridized carbons (Fsp3) is 0.824. The first-order valence-electron chi connectivity index (χ1n) is 9.27. The van der Waals surface area contributed by atoms with Gasteiger partial charge in [0.15, 0.2) is 0 Å². The Morgan fingerprint density at radius 3 is 2.56 bits per heavy atom. The van der Waals surface area contributed by atoms with Crippen LogP contribution >= 0.6 is 0 Å². The molecule has 0 spiro atoms. The molecular weight excluding hydrogens is 320 g/mol. The summed E-state index contributed by atoms with van der Waals surface area (Å²) in [6, 6.07) is 0.456. The van der Waals surface area contributed by atoms with E-state index in [0.717, 1.165) is 32.8 Å². The van der Waals surface area contributed by atoms with Crippen molar-refractivity contribution in [1.82, 2.24) is 19.9 Å². The Morgan fingerprint density at radius 1 is 1.12 bits per heavy atom. The SMILES string of the molecule is COc1nc(NC(C)C2CN(C)CCO2)nc(N2CCCCCC2)n1. The lowest BCUT2D eigenvalue weighted by molar-refractivity contribution is -0.0260. The second kappa shape index (κ2) is 8.62. The predicted octanol–water partition coefficient (Wildman–Crippen LogP) is 1.39. The Morgan fingerprint density at radius 2 is 1.88 bits per heavy atom. The van der Waals surface area contributed by atoms with Crippen LogP contribution in [0.15, 0.2) is 0 Å². The summed E-state index contributed by atoms with van der Waals surface area (Å²) in [6.07, 6.45) is 5.01. The number of anilines is 2. The van der Waals surface area contributed by atoms with E-state index >= 15 is 0 Å². The van der Waals surface area contributed by atoms with Gasteiger partial charge in [0.05, 0.1) is 25.9 Å². The van der Waals surface area contributed by atoms with Crippen LogP contribution in [0, 0.1) is 0 Å². The molecule has 140 valence electrons. The Hall–Kier alpha value is -1.67. The number of likely N-dealkylation sites (N-methyl/N-ethyl adjacent to an activating group) is 1. The zero-order chi connectivity index (χ0) is 17.6. The molecule has 2 fully saturated rings. The summed E-state index contributed by atoms with van der Waals surface area (Å²) >= 11 is 0. The first-order valence-corrected chi connectivity index (χ1v) is 9.27. The summed E-state index contributed by atoms with van der Waals surface area (Å²) in [5.41, 5.74) is 0. The maximum absolute atomic E-state index is 5.89. The molecule has 2 aliphatic rings. The molecule has 0 bridgehead atoms. The molecule has 0 saturated carbocycles. The highest BCUT2D eigenvalue weighted by molar-refractivity contribution is 5.39. The van der Waals surface area contributed by atoms with Crippen molar-refractivity contribution in [3.63, 3.8) is 0 Å². The van der Waals surface area contributed by atoms with E-state index in [-0.39, 0.29) is 12.1 Å². The summed E-state index contributed by atoms with van der Waals surface area (Å²) < 4.78 is 11.2. The van der Waals surface area contributed by atoms with E-state index in [4.69, 9.17) is 9.47 Å². The molecule has 0 radical (unpaired) electrons. The zero-order valence-electron chi connectivity index (χ0n) is 15.6. The number of ether oxygens (including phenoxy) is 2. The smallest absolute Gasteiger partial charge is 0.322 e. The molecule has 8 heteroatoms. The van der Waals surface area contributed by atoms with Crippen molar-refractivity contribution in [2.75, 3.05) is 57.2 Å². The molecule has 2 aliphatic heterocycles. The maximum Gasteiger partial charge on any atom is 0.322 e. The van der Waals surface area contributed by atoms with Gasteiger partial charge >= 0.3 is 6.01 Å². The normalized spacial score (nSPS) is 23.8. The molecule has 1 N–H and O–H groups in total. The van der Waals surface area contributed by atoms with Crippen molar-refractivity contribution in [3.05, 3.63) is 0 Å². The first-order chi connectivity index (χ1) is 12.2. The Labute approximate surface area is 149 Å². The standard InChI is InChI=1S/C17H30N6O2/c1-13(14-12-22(2)10-11-25-14)18-15-19-16(21-17(20-15)24-3)23-8-6-4-5-7-9-23/h13-14H,4-12H2,1-3H3,(H,18,19,20,21). The Balaban J connectivity index is 1.72. The molecule has 0 amide bonds. The molecule has 1 aromatic heterocycles. The molecule has 2 saturated heterocycles. The summed E-state index contributed by atoms with van der Waals surface area (Å²) in [4.78, 5) is 18.0. The van der Waals surface area contributed by atoms with E-state index in [1.165, 1.54) is 25.7 Å². The summed E-state index contributed by atoms with van der Waals surface area (Å²) in [7, 11) is 3.71. The number of hydrogen-bond acceptors (Lipinski definition) is 8. The second-order valence-corrected chi connectivity index (χ2v) is 6.95. The molecule has 8 nitrogen and oxygen atoms in total. The van der Waals surface area contributed by atoms with Gasteiger partial charge in [-0.2, -0.15) is 15.0 Å². The minimum absolute atomic E-state index is 0.104. The average molecular weight is 350 g/mol. The van der Waals surface area contributed by atoms with Gasteiger partial charge in [-0.1, -0.05) is 12.8 Å². The lowest BCUT2D eigenvalue weighted by atomic mass is 10.1. The van der Waals surface area contributed by atoms with Gasteiger partial charge in [-0.05, 0) is 26.8 Å². The van der Waals surface area contributed by atoms with Crippen LogP contribution in [0.5, 0.6) is 6.01 Å². The van der Waals surface area contributed by atoms with E-state index < -0.39 is 0 Å². The van der Waals surface area contributed by atoms with Crippen molar-refractivity contribution < 1.29 is 9.47 Å². The summed E-state index contributed by atoms with van der Waals surface area (Å²) in [5.74, 6) is 1.25. The van der Waals surface area contributed by atoms with Gasteiger partial charge < -0.3 is 24.6 Å². The Bertz CT molecular complexity index is 550. The third-order valence-electron chi connectivity index (χ3n) is 4.89. The highest BCUT2D eigenvalue weighted by Crippen LogP contribution is 2.20. The van der Waals surface area contributed by atoms with Crippen molar-refractivity contribution >= 4 is 11.9 Å². The second-order valence-electron chi connectivity index (χ2n) is 6.95. The molecule has 1 aromatic rings. The van der Waals surface area contributed by atoms with Gasteiger partial charge in [-0.25, -0.2) is 0 Å². The monoisotopic (exact) mass is 350 g/mol. The lowest BCUT2D eigenvalue weighted by Gasteiger charge is -2.34. The Kier molecular flexibility index (Phi) is 6.25. The van der Waals surface area contributed by atoms with E-state index in [2.05, 4.69) is 44.0 Å². The van der Waals surface area contributed by atoms with E-state index in [9.17, 15) is 0 Å². The van der Waals surface area contributed by atoms with Gasteiger partial charge in [-0.3, -0.25) is 0 Å². The van der Waals surface area contributed by atoms with Crippen LogP contribution in [0.1, 0.15) is 32.6 Å². The molecule has 3 heterocycles. The number of aromatic nitrogens is 3. The minimum Gasteiger partial charge on any atom is -0.467 e. The average Bonchev–Trinajstić information content (AvgIpc) is 2.91. The van der Waals surface area contributed by atoms with E-state index in [1.54, 1.807) is 7.11 Å². The highest BCUT2D eigenvalue weighted by atomic mass is 16.5. The van der Waals surface area contributed by atoms with Gasteiger partial charge in [0.1, 0.15) is 0 Å². The van der Waals surface area contributed by atoms with Crippen LogP contribution in [0.4, 0.5) is 11.9 Å². The van der Waals surface area contributed by atoms with Gasteiger partial charge in [0.2, 0.25) is 11.9 Å². The third-order valence-corrected chi connectivity index (χ3v) is 4.89. The van der Waals surface area contributed by atoms with Crippen LogP contribution < -0.4 is 15.0 Å². The number of morpholine rings is 1. The predicted molar refractivity (Wildman–Crippen MR) is 97.4 cm³/mol. The molecule has 2 atom stereocenters. The van der Waals surface area contributed by atoms with Gasteiger partial charge in [0, 0.05) is 26.2 Å². The van der Waals surface area contributed by atoms with Crippen molar-refractivity contribution in [2.45, 2.75) is 44.8 Å². The number of methoxy groups -OCH3 is 1.